The van der Waals surface area contributed by atoms with Crippen molar-refractivity contribution in [3.63, 3.8) is 0 Å². The predicted molar refractivity (Wildman–Crippen MR) is 83.1 cm³/mol. The van der Waals surface area contributed by atoms with Crippen LogP contribution in [0.4, 0.5) is 5.82 Å². The van der Waals surface area contributed by atoms with Gasteiger partial charge in [0, 0.05) is 19.1 Å². The molecule has 0 aliphatic carbocycles. The van der Waals surface area contributed by atoms with Gasteiger partial charge in [0.05, 0.1) is 17.2 Å². The zero-order chi connectivity index (χ0) is 13.9. The third-order valence-corrected chi connectivity index (χ3v) is 4.14. The molecule has 1 aromatic carbocycles. The van der Waals surface area contributed by atoms with Crippen LogP contribution in [-0.2, 0) is 0 Å². The van der Waals surface area contributed by atoms with E-state index in [1.165, 1.54) is 19.3 Å². The third kappa shape index (κ3) is 2.75. The highest BCUT2D eigenvalue weighted by atomic mass is 15.2. The Bertz CT molecular complexity index is 581. The maximum absolute atomic E-state index is 4.78. The first kappa shape index (κ1) is 13.3. The minimum Gasteiger partial charge on any atom is -0.354 e. The van der Waals surface area contributed by atoms with Crippen molar-refractivity contribution in [2.45, 2.75) is 25.3 Å². The summed E-state index contributed by atoms with van der Waals surface area (Å²) < 4.78 is 0. The van der Waals surface area contributed by atoms with E-state index < -0.39 is 0 Å². The first-order chi connectivity index (χ1) is 9.74. The fourth-order valence-electron chi connectivity index (χ4n) is 2.85. The Morgan fingerprint density at radius 3 is 2.75 bits per heavy atom. The summed E-state index contributed by atoms with van der Waals surface area (Å²) in [6.07, 6.45) is 5.71. The van der Waals surface area contributed by atoms with Crippen LogP contribution in [0.2, 0.25) is 0 Å². The molecule has 20 heavy (non-hydrogen) atoms. The maximum atomic E-state index is 4.78. The molecule has 3 rings (SSSR count). The first-order valence-electron chi connectivity index (χ1n) is 7.37. The lowest BCUT2D eigenvalue weighted by Crippen LogP contribution is -2.39. The molecule has 4 heteroatoms. The molecule has 0 amide bonds. The minimum absolute atomic E-state index is 0.603. The van der Waals surface area contributed by atoms with E-state index in [9.17, 15) is 0 Å². The van der Waals surface area contributed by atoms with Crippen molar-refractivity contribution in [1.29, 1.82) is 0 Å². The summed E-state index contributed by atoms with van der Waals surface area (Å²) in [6, 6.07) is 8.67. The number of para-hydroxylation sites is 2. The second-order valence-electron chi connectivity index (χ2n) is 5.78. The van der Waals surface area contributed by atoms with E-state index in [0.717, 1.165) is 29.9 Å². The molecule has 106 valence electrons. The quantitative estimate of drug-likeness (QED) is 0.839. The number of hydrogen-bond acceptors (Lipinski definition) is 4. The Balaban J connectivity index is 1.88. The van der Waals surface area contributed by atoms with Crippen molar-refractivity contribution in [2.75, 3.05) is 32.1 Å². The number of fused-ring (bicyclic) bond motifs is 1. The average Bonchev–Trinajstić information content (AvgIpc) is 2.73. The van der Waals surface area contributed by atoms with Gasteiger partial charge in [-0.3, -0.25) is 4.98 Å². The molecular formula is C16H22N4. The Kier molecular flexibility index (Phi) is 3.83. The summed E-state index contributed by atoms with van der Waals surface area (Å²) in [6.45, 7) is 2.12. The van der Waals surface area contributed by atoms with Gasteiger partial charge in [0.1, 0.15) is 5.82 Å². The molecule has 0 N–H and O–H groups in total. The molecule has 1 aliphatic rings. The molecule has 4 nitrogen and oxygen atoms in total. The van der Waals surface area contributed by atoms with E-state index in [2.05, 4.69) is 28.9 Å². The largest absolute Gasteiger partial charge is 0.354 e. The summed E-state index contributed by atoms with van der Waals surface area (Å²) in [5.41, 5.74) is 1.95. The zero-order valence-corrected chi connectivity index (χ0v) is 12.3. The summed E-state index contributed by atoms with van der Waals surface area (Å²) in [4.78, 5) is 14.0. The van der Waals surface area contributed by atoms with Crippen LogP contribution in [0.25, 0.3) is 11.0 Å². The van der Waals surface area contributed by atoms with E-state index in [-0.39, 0.29) is 0 Å². The van der Waals surface area contributed by atoms with Crippen molar-refractivity contribution in [1.82, 2.24) is 14.9 Å². The molecule has 2 heterocycles. The smallest absolute Gasteiger partial charge is 0.147 e. The third-order valence-electron chi connectivity index (χ3n) is 4.14. The van der Waals surface area contributed by atoms with Gasteiger partial charge in [-0.2, -0.15) is 0 Å². The van der Waals surface area contributed by atoms with Gasteiger partial charge in [-0.05, 0) is 39.1 Å². The van der Waals surface area contributed by atoms with E-state index in [1.54, 1.807) is 0 Å². The molecule has 1 fully saturated rings. The van der Waals surface area contributed by atoms with Crippen LogP contribution >= 0.6 is 0 Å². The molecule has 0 bridgehead atoms. The van der Waals surface area contributed by atoms with Crippen LogP contribution in [0, 0.1) is 0 Å². The van der Waals surface area contributed by atoms with Crippen LogP contribution < -0.4 is 4.90 Å². The van der Waals surface area contributed by atoms with Gasteiger partial charge in [-0.15, -0.1) is 0 Å². The lowest BCUT2D eigenvalue weighted by molar-refractivity contribution is 0.285. The maximum Gasteiger partial charge on any atom is 0.147 e. The fraction of sp³-hybridized carbons (Fsp3) is 0.500. The van der Waals surface area contributed by atoms with E-state index in [4.69, 9.17) is 4.98 Å². The molecule has 1 aromatic heterocycles. The van der Waals surface area contributed by atoms with E-state index in [0.29, 0.717) is 6.04 Å². The summed E-state index contributed by atoms with van der Waals surface area (Å²) in [5.74, 6) is 1.01. The Labute approximate surface area is 120 Å². The molecule has 1 atom stereocenters. The van der Waals surface area contributed by atoms with Gasteiger partial charge >= 0.3 is 0 Å². The predicted octanol–water partition coefficient (Wildman–Crippen LogP) is 2.55. The number of hydrogen-bond donors (Lipinski definition) is 0. The van der Waals surface area contributed by atoms with Gasteiger partial charge < -0.3 is 9.80 Å². The SMILES string of the molecule is CN(C)[C@H]1CCCCN(c2cnc3ccccc3n2)C1. The standard InChI is InChI=1S/C16H22N4/c1-19(2)13-7-5-6-10-20(12-13)16-11-17-14-8-3-4-9-15(14)18-16/h3-4,8-9,11,13H,5-7,10,12H2,1-2H3/t13-/m0/s1. The second-order valence-corrected chi connectivity index (χ2v) is 5.78. The second kappa shape index (κ2) is 5.75. The first-order valence-corrected chi connectivity index (χ1v) is 7.37. The van der Waals surface area contributed by atoms with Crippen LogP contribution in [0.1, 0.15) is 19.3 Å². The van der Waals surface area contributed by atoms with Crippen LogP contribution in [0.3, 0.4) is 0 Å². The normalized spacial score (nSPS) is 20.4. The molecule has 0 spiro atoms. The number of anilines is 1. The van der Waals surface area contributed by atoms with Gasteiger partial charge in [0.2, 0.25) is 0 Å². The topological polar surface area (TPSA) is 32.3 Å². The van der Waals surface area contributed by atoms with Crippen LogP contribution in [-0.4, -0.2) is 48.1 Å². The number of rotatable bonds is 2. The number of benzene rings is 1. The summed E-state index contributed by atoms with van der Waals surface area (Å²) in [5, 5.41) is 0. The molecule has 0 radical (unpaired) electrons. The molecule has 1 saturated heterocycles. The Morgan fingerprint density at radius 1 is 1.15 bits per heavy atom. The van der Waals surface area contributed by atoms with Crippen LogP contribution in [0.5, 0.6) is 0 Å². The molecule has 0 saturated carbocycles. The van der Waals surface area contributed by atoms with Crippen LogP contribution in [0.15, 0.2) is 30.5 Å². The Hall–Kier alpha value is -1.68. The van der Waals surface area contributed by atoms with Crippen molar-refractivity contribution in [3.8, 4) is 0 Å². The zero-order valence-electron chi connectivity index (χ0n) is 12.3. The number of likely N-dealkylation sites (N-methyl/N-ethyl adjacent to an activating group) is 1. The lowest BCUT2D eigenvalue weighted by atomic mass is 10.1. The van der Waals surface area contributed by atoms with Gasteiger partial charge in [0.25, 0.3) is 0 Å². The Morgan fingerprint density at radius 2 is 1.95 bits per heavy atom. The lowest BCUT2D eigenvalue weighted by Gasteiger charge is -2.29. The monoisotopic (exact) mass is 270 g/mol. The summed E-state index contributed by atoms with van der Waals surface area (Å²) >= 11 is 0. The van der Waals surface area contributed by atoms with Gasteiger partial charge in [-0.1, -0.05) is 18.6 Å². The van der Waals surface area contributed by atoms with E-state index >= 15 is 0 Å². The highest BCUT2D eigenvalue weighted by molar-refractivity contribution is 5.75. The highest BCUT2D eigenvalue weighted by Crippen LogP contribution is 2.20. The average molecular weight is 270 g/mol. The number of aromatic nitrogens is 2. The molecule has 0 unspecified atom stereocenters. The van der Waals surface area contributed by atoms with Crippen molar-refractivity contribution in [2.24, 2.45) is 0 Å². The highest BCUT2D eigenvalue weighted by Gasteiger charge is 2.20. The molecular weight excluding hydrogens is 248 g/mol. The number of nitrogens with zero attached hydrogens (tertiary/aromatic N) is 4. The molecule has 1 aliphatic heterocycles. The van der Waals surface area contributed by atoms with Gasteiger partial charge in [0.15, 0.2) is 0 Å². The van der Waals surface area contributed by atoms with Crippen molar-refractivity contribution >= 4 is 16.9 Å². The molecule has 2 aromatic rings. The van der Waals surface area contributed by atoms with E-state index in [1.807, 2.05) is 30.5 Å². The van der Waals surface area contributed by atoms with Gasteiger partial charge in [-0.25, -0.2) is 4.98 Å². The summed E-state index contributed by atoms with van der Waals surface area (Å²) in [7, 11) is 4.33. The van der Waals surface area contributed by atoms with Crippen molar-refractivity contribution < 1.29 is 0 Å². The fourth-order valence-corrected chi connectivity index (χ4v) is 2.85. The van der Waals surface area contributed by atoms with Crippen molar-refractivity contribution in [3.05, 3.63) is 30.5 Å². The minimum atomic E-state index is 0.603.